The monoisotopic (exact) mass is 247 g/mol. The third-order valence-corrected chi connectivity index (χ3v) is 1.05. The number of hydrogen-bond donors (Lipinski definition) is 0. The molecule has 0 fully saturated rings. The second-order valence-electron chi connectivity index (χ2n) is 1.31. The molecule has 0 aromatic heterocycles. The van der Waals surface area contributed by atoms with Crippen molar-refractivity contribution in [2.24, 2.45) is 10.3 Å². The number of hydrogen-bond acceptors (Lipinski definition) is 4. The van der Waals surface area contributed by atoms with Crippen LogP contribution in [0.5, 0.6) is 0 Å². The van der Waals surface area contributed by atoms with Gasteiger partial charge in [0.05, 0.1) is 0 Å². The van der Waals surface area contributed by atoms with Crippen molar-refractivity contribution < 1.29 is 26.3 Å². The van der Waals surface area contributed by atoms with Gasteiger partial charge in [-0.1, -0.05) is 16.8 Å². The fraction of sp³-hybridized carbons (Fsp3) is 0.500. The molecule has 7 heteroatoms. The van der Waals surface area contributed by atoms with Crippen LogP contribution in [0.15, 0.2) is 10.3 Å². The summed E-state index contributed by atoms with van der Waals surface area (Å²) < 4.78 is 3.86. The first kappa shape index (κ1) is 13.6. The third kappa shape index (κ3) is 6.44. The minimum Gasteiger partial charge on any atom is -0.399 e. The fourth-order valence-electron chi connectivity index (χ4n) is 0.271. The molecule has 1 radical (unpaired) electrons. The van der Waals surface area contributed by atoms with E-state index in [0.717, 1.165) is 0 Å². The molecule has 0 aliphatic heterocycles. The average Bonchev–Trinajstić information content (AvgIpc) is 1.89. The van der Waals surface area contributed by atoms with Gasteiger partial charge in [-0.05, 0) is 12.1 Å². The average molecular weight is 249 g/mol. The van der Waals surface area contributed by atoms with E-state index in [1.165, 1.54) is 7.11 Å². The van der Waals surface area contributed by atoms with E-state index in [1.807, 2.05) is 0 Å². The maximum Gasteiger partial charge on any atom is 0.195 e. The van der Waals surface area contributed by atoms with E-state index in [2.05, 4.69) is 19.5 Å². The zero-order chi connectivity index (χ0) is 7.98. The van der Waals surface area contributed by atoms with Crippen molar-refractivity contribution in [1.82, 2.24) is 0 Å². The molecule has 69 valence electrons. The van der Waals surface area contributed by atoms with E-state index in [4.69, 9.17) is 23.5 Å². The Morgan fingerprint density at radius 2 is 1.91 bits per heavy atom. The number of nitrogens with zero attached hydrogens (tertiary/aromatic N) is 2. The molecule has 0 saturated carbocycles. The van der Waals surface area contributed by atoms with Crippen LogP contribution < -0.4 is 0 Å². The maximum absolute atomic E-state index is 5.44. The Kier molecular flexibility index (Phi) is 10.1. The number of oxime groups is 2. The van der Waals surface area contributed by atoms with E-state index in [0.29, 0.717) is 5.71 Å². The van der Waals surface area contributed by atoms with Gasteiger partial charge in [0.15, 0.2) is 17.0 Å². The van der Waals surface area contributed by atoms with Crippen LogP contribution in [-0.2, 0) is 26.3 Å². The molecular weight excluding hydrogens is 243 g/mol. The van der Waals surface area contributed by atoms with Crippen LogP contribution >= 0.6 is 23.5 Å². The molecule has 0 bridgehead atoms. The molecule has 4 nitrogen and oxygen atoms in total. The van der Waals surface area contributed by atoms with Gasteiger partial charge in [-0.3, -0.25) is 4.39 Å². The largest absolute Gasteiger partial charge is 0.399 e. The number of rotatable bonds is 3. The molecule has 0 unspecified atom stereocenters. The van der Waals surface area contributed by atoms with Crippen molar-refractivity contribution in [3.05, 3.63) is 0 Å². The Morgan fingerprint density at radius 3 is 2.27 bits per heavy atom. The maximum atomic E-state index is 5.44. The second-order valence-corrected chi connectivity index (χ2v) is 1.81. The first-order chi connectivity index (χ1) is 4.72. The summed E-state index contributed by atoms with van der Waals surface area (Å²) in [5, 5.41) is 6.69. The van der Waals surface area contributed by atoms with Crippen molar-refractivity contribution in [2.75, 3.05) is 7.11 Å². The van der Waals surface area contributed by atoms with E-state index in [9.17, 15) is 0 Å². The molecule has 0 aliphatic rings. The quantitative estimate of drug-likeness (QED) is 0.434. The van der Waals surface area contributed by atoms with Gasteiger partial charge in [0.1, 0.15) is 12.8 Å². The zero-order valence-electron chi connectivity index (χ0n) is 5.77. The molecule has 0 saturated heterocycles. The van der Waals surface area contributed by atoms with Crippen LogP contribution in [-0.4, -0.2) is 18.0 Å². The van der Waals surface area contributed by atoms with Crippen molar-refractivity contribution in [1.29, 1.82) is 0 Å². The van der Waals surface area contributed by atoms with Crippen LogP contribution in [0, 0.1) is 0 Å². The smallest absolute Gasteiger partial charge is 0.195 e. The summed E-state index contributed by atoms with van der Waals surface area (Å²) >= 11 is 10.2. The Hall–Kier alpha value is 0.0395. The number of halogens is 2. The molecule has 0 heterocycles. The predicted octanol–water partition coefficient (Wildman–Crippen LogP) is 1.73. The normalized spacial score (nSPS) is 12.0. The zero-order valence-corrected chi connectivity index (χ0v) is 8.22. The van der Waals surface area contributed by atoms with Crippen molar-refractivity contribution >= 4 is 34.3 Å². The van der Waals surface area contributed by atoms with Gasteiger partial charge in [-0.15, -0.1) is 0 Å². The summed E-state index contributed by atoms with van der Waals surface area (Å²) in [4.78, 5) is 4.40. The van der Waals surface area contributed by atoms with Crippen molar-refractivity contribution in [3.63, 3.8) is 0 Å². The Morgan fingerprint density at radius 1 is 1.36 bits per heavy atom. The molecule has 0 rings (SSSR count). The SMILES string of the molecule is CON=C(C)C(Cl)=NOCl.[Cu]. The third-order valence-electron chi connectivity index (χ3n) is 0.641. The summed E-state index contributed by atoms with van der Waals surface area (Å²) in [5.41, 5.74) is 0.393. The van der Waals surface area contributed by atoms with Crippen LogP contribution in [0.1, 0.15) is 6.92 Å². The molecule has 0 aliphatic carbocycles. The van der Waals surface area contributed by atoms with E-state index < -0.39 is 0 Å². The predicted molar refractivity (Wildman–Crippen MR) is 40.3 cm³/mol. The summed E-state index contributed by atoms with van der Waals surface area (Å²) in [7, 11) is 1.40. The van der Waals surface area contributed by atoms with Gasteiger partial charge < -0.3 is 4.84 Å². The first-order valence-corrected chi connectivity index (χ1v) is 3.00. The molecule has 0 atom stereocenters. The minimum absolute atomic E-state index is 0. The fourth-order valence-corrected chi connectivity index (χ4v) is 0.444. The van der Waals surface area contributed by atoms with E-state index in [1.54, 1.807) is 6.92 Å². The molecule has 0 amide bonds. The van der Waals surface area contributed by atoms with Gasteiger partial charge in [0.2, 0.25) is 0 Å². The van der Waals surface area contributed by atoms with Gasteiger partial charge in [0, 0.05) is 17.1 Å². The van der Waals surface area contributed by atoms with Crippen LogP contribution in [0.25, 0.3) is 0 Å². The molecule has 0 aromatic carbocycles. The van der Waals surface area contributed by atoms with Gasteiger partial charge >= 0.3 is 0 Å². The summed E-state index contributed by atoms with van der Waals surface area (Å²) in [5.74, 6) is 0. The summed E-state index contributed by atoms with van der Waals surface area (Å²) in [6.45, 7) is 1.60. The Labute approximate surface area is 85.1 Å². The topological polar surface area (TPSA) is 43.2 Å². The first-order valence-electron chi connectivity index (χ1n) is 2.31. The van der Waals surface area contributed by atoms with Crippen LogP contribution in [0.4, 0.5) is 0 Å². The van der Waals surface area contributed by atoms with Gasteiger partial charge in [0.25, 0.3) is 0 Å². The van der Waals surface area contributed by atoms with Crippen LogP contribution in [0.3, 0.4) is 0 Å². The van der Waals surface area contributed by atoms with E-state index >= 15 is 0 Å². The summed E-state index contributed by atoms with van der Waals surface area (Å²) in [6.07, 6.45) is 0. The van der Waals surface area contributed by atoms with Crippen LogP contribution in [0.2, 0.25) is 0 Å². The van der Waals surface area contributed by atoms with E-state index in [-0.39, 0.29) is 22.2 Å². The van der Waals surface area contributed by atoms with Gasteiger partial charge in [-0.25, -0.2) is 0 Å². The summed E-state index contributed by atoms with van der Waals surface area (Å²) in [6, 6.07) is 0. The van der Waals surface area contributed by atoms with Gasteiger partial charge in [-0.2, -0.15) is 0 Å². The second kappa shape index (κ2) is 8.14. The van der Waals surface area contributed by atoms with Crippen molar-refractivity contribution in [3.8, 4) is 0 Å². The Bertz CT molecular complexity index is 144. The molecule has 11 heavy (non-hydrogen) atoms. The molecule has 0 aromatic rings. The molecule has 0 N–H and O–H groups in total. The molecule has 0 spiro atoms. The van der Waals surface area contributed by atoms with Crippen molar-refractivity contribution in [2.45, 2.75) is 6.92 Å². The minimum atomic E-state index is 0. The molecular formula is C4H6Cl2CuN2O2. The standard InChI is InChI=1S/C4H6Cl2N2O2.Cu/c1-3(7-9-2)4(5)8-10-6;/h1-2H3;. The Balaban J connectivity index is 0.